The largest absolute Gasteiger partial charge is 0.486 e. The second-order valence-electron chi connectivity index (χ2n) is 7.67. The van der Waals surface area contributed by atoms with Crippen LogP contribution in [0.25, 0.3) is 11.3 Å². The molecule has 0 spiro atoms. The average molecular weight is 445 g/mol. The van der Waals surface area contributed by atoms with E-state index in [1.807, 2.05) is 29.7 Å². The second-order valence-corrected chi connectivity index (χ2v) is 8.62. The van der Waals surface area contributed by atoms with E-state index >= 15 is 0 Å². The summed E-state index contributed by atoms with van der Waals surface area (Å²) in [4.78, 5) is 28.8. The van der Waals surface area contributed by atoms with Crippen molar-refractivity contribution in [3.05, 3.63) is 24.4 Å². The maximum absolute atomic E-state index is 12.2. The first kappa shape index (κ1) is 21.5. The van der Waals surface area contributed by atoms with Crippen LogP contribution in [0.15, 0.2) is 29.6 Å². The van der Waals surface area contributed by atoms with E-state index in [0.29, 0.717) is 19.8 Å². The molecule has 1 saturated carbocycles. The standard InChI is InChI=1S/C22H28N4O4S/c1-2-26-17(15-8-9-18-19(12-15)30-11-10-29-18)13-23-22(26)31-14-20(27)25-21(28)24-16-6-4-3-5-7-16/h8-9,12-13,16H,2-7,10-11,14H2,1H3,(H2,24,25,27,28). The Hall–Kier alpha value is -2.68. The molecule has 1 aliphatic carbocycles. The SMILES string of the molecule is CCn1c(-c2ccc3c(c2)OCCO3)cnc1SCC(=O)NC(=O)NC1CCCCC1. The molecule has 4 rings (SSSR count). The molecular formula is C22H28N4O4S. The Bertz CT molecular complexity index is 940. The van der Waals surface area contributed by atoms with Crippen molar-refractivity contribution in [1.82, 2.24) is 20.2 Å². The van der Waals surface area contributed by atoms with Crippen molar-refractivity contribution in [3.8, 4) is 22.8 Å². The highest BCUT2D eigenvalue weighted by Crippen LogP contribution is 2.35. The summed E-state index contributed by atoms with van der Waals surface area (Å²) in [6.07, 6.45) is 7.22. The fraction of sp³-hybridized carbons (Fsp3) is 0.500. The van der Waals surface area contributed by atoms with Crippen LogP contribution in [-0.2, 0) is 11.3 Å². The monoisotopic (exact) mass is 444 g/mol. The number of ether oxygens (including phenoxy) is 2. The number of amides is 3. The molecule has 2 N–H and O–H groups in total. The van der Waals surface area contributed by atoms with Crippen molar-refractivity contribution in [1.29, 1.82) is 0 Å². The van der Waals surface area contributed by atoms with E-state index in [2.05, 4.69) is 15.6 Å². The molecule has 1 aliphatic heterocycles. The number of hydrogen-bond donors (Lipinski definition) is 2. The van der Waals surface area contributed by atoms with Crippen LogP contribution >= 0.6 is 11.8 Å². The first-order valence-corrected chi connectivity index (χ1v) is 11.8. The molecule has 166 valence electrons. The van der Waals surface area contributed by atoms with Gasteiger partial charge in [-0.2, -0.15) is 0 Å². The van der Waals surface area contributed by atoms with Crippen LogP contribution in [0.3, 0.4) is 0 Å². The minimum atomic E-state index is -0.409. The molecule has 0 saturated heterocycles. The van der Waals surface area contributed by atoms with Gasteiger partial charge < -0.3 is 19.4 Å². The molecule has 2 heterocycles. The number of imide groups is 1. The van der Waals surface area contributed by atoms with Gasteiger partial charge in [-0.3, -0.25) is 10.1 Å². The molecule has 9 heteroatoms. The number of hydrogen-bond acceptors (Lipinski definition) is 6. The number of thioether (sulfide) groups is 1. The van der Waals surface area contributed by atoms with E-state index in [-0.39, 0.29) is 17.7 Å². The predicted octanol–water partition coefficient (Wildman–Crippen LogP) is 3.59. The normalized spacial score (nSPS) is 16.0. The Morgan fingerprint density at radius 1 is 1.16 bits per heavy atom. The van der Waals surface area contributed by atoms with Crippen LogP contribution in [0.2, 0.25) is 0 Å². The molecule has 0 bridgehead atoms. The highest BCUT2D eigenvalue weighted by Gasteiger charge is 2.19. The highest BCUT2D eigenvalue weighted by molar-refractivity contribution is 7.99. The number of aromatic nitrogens is 2. The Morgan fingerprint density at radius 2 is 1.94 bits per heavy atom. The third-order valence-electron chi connectivity index (χ3n) is 5.50. The van der Waals surface area contributed by atoms with E-state index in [4.69, 9.17) is 9.47 Å². The lowest BCUT2D eigenvalue weighted by Crippen LogP contribution is -2.45. The lowest BCUT2D eigenvalue weighted by molar-refractivity contribution is -0.117. The number of carbonyl (C=O) groups excluding carboxylic acids is 2. The van der Waals surface area contributed by atoms with Crippen molar-refractivity contribution >= 4 is 23.7 Å². The van der Waals surface area contributed by atoms with E-state index in [1.54, 1.807) is 6.20 Å². The Labute approximate surface area is 186 Å². The van der Waals surface area contributed by atoms with Crippen molar-refractivity contribution in [3.63, 3.8) is 0 Å². The van der Waals surface area contributed by atoms with Gasteiger partial charge in [0.05, 0.1) is 17.6 Å². The van der Waals surface area contributed by atoms with Crippen LogP contribution < -0.4 is 20.1 Å². The van der Waals surface area contributed by atoms with Crippen LogP contribution in [0, 0.1) is 0 Å². The summed E-state index contributed by atoms with van der Waals surface area (Å²) in [6, 6.07) is 5.60. The molecular weight excluding hydrogens is 416 g/mol. The number of benzene rings is 1. The van der Waals surface area contributed by atoms with E-state index in [0.717, 1.165) is 53.6 Å². The minimum Gasteiger partial charge on any atom is -0.486 e. The molecule has 0 radical (unpaired) electrons. The van der Waals surface area contributed by atoms with Crippen LogP contribution in [0.4, 0.5) is 4.79 Å². The van der Waals surface area contributed by atoms with Crippen molar-refractivity contribution in [2.24, 2.45) is 0 Å². The van der Waals surface area contributed by atoms with Gasteiger partial charge in [0.15, 0.2) is 16.7 Å². The summed E-state index contributed by atoms with van der Waals surface area (Å²) in [6.45, 7) is 3.83. The molecule has 2 aromatic rings. The summed E-state index contributed by atoms with van der Waals surface area (Å²) < 4.78 is 13.3. The second kappa shape index (κ2) is 10.1. The maximum atomic E-state index is 12.2. The molecule has 2 aliphatic rings. The maximum Gasteiger partial charge on any atom is 0.321 e. The zero-order valence-corrected chi connectivity index (χ0v) is 18.5. The number of nitrogens with one attached hydrogen (secondary N) is 2. The van der Waals surface area contributed by atoms with Crippen LogP contribution in [0.5, 0.6) is 11.5 Å². The van der Waals surface area contributed by atoms with Gasteiger partial charge in [0, 0.05) is 18.2 Å². The molecule has 1 fully saturated rings. The fourth-order valence-corrected chi connectivity index (χ4v) is 4.82. The molecule has 1 aromatic heterocycles. The molecule has 31 heavy (non-hydrogen) atoms. The van der Waals surface area contributed by atoms with Crippen LogP contribution in [0.1, 0.15) is 39.0 Å². The number of fused-ring (bicyclic) bond motifs is 1. The molecule has 1 aromatic carbocycles. The van der Waals surface area contributed by atoms with E-state index < -0.39 is 6.03 Å². The lowest BCUT2D eigenvalue weighted by atomic mass is 9.96. The predicted molar refractivity (Wildman–Crippen MR) is 119 cm³/mol. The van der Waals surface area contributed by atoms with Crippen molar-refractivity contribution in [2.75, 3.05) is 19.0 Å². The van der Waals surface area contributed by atoms with Gasteiger partial charge in [-0.25, -0.2) is 9.78 Å². The summed E-state index contributed by atoms with van der Waals surface area (Å²) in [5.74, 6) is 1.26. The van der Waals surface area contributed by atoms with Crippen LogP contribution in [-0.4, -0.2) is 46.5 Å². The number of imidazole rings is 1. The highest BCUT2D eigenvalue weighted by atomic mass is 32.2. The Balaban J connectivity index is 1.35. The van der Waals surface area contributed by atoms with Gasteiger partial charge in [-0.1, -0.05) is 31.0 Å². The number of urea groups is 1. The summed E-state index contributed by atoms with van der Waals surface area (Å²) in [5.41, 5.74) is 1.92. The molecule has 8 nitrogen and oxygen atoms in total. The van der Waals surface area contributed by atoms with Gasteiger partial charge in [-0.15, -0.1) is 0 Å². The van der Waals surface area contributed by atoms with Gasteiger partial charge in [0.25, 0.3) is 0 Å². The smallest absolute Gasteiger partial charge is 0.321 e. The first-order chi connectivity index (χ1) is 15.1. The third kappa shape index (κ3) is 5.33. The average Bonchev–Trinajstić information content (AvgIpc) is 3.21. The lowest BCUT2D eigenvalue weighted by Gasteiger charge is -2.22. The molecule has 3 amide bonds. The summed E-state index contributed by atoms with van der Waals surface area (Å²) >= 11 is 1.32. The Kier molecular flexibility index (Phi) is 7.01. The zero-order chi connectivity index (χ0) is 21.6. The van der Waals surface area contributed by atoms with Gasteiger partial charge in [-0.05, 0) is 38.0 Å². The van der Waals surface area contributed by atoms with Crippen molar-refractivity contribution in [2.45, 2.75) is 56.8 Å². The zero-order valence-electron chi connectivity index (χ0n) is 17.7. The van der Waals surface area contributed by atoms with E-state index in [9.17, 15) is 9.59 Å². The number of nitrogens with zero attached hydrogens (tertiary/aromatic N) is 2. The van der Waals surface area contributed by atoms with Gasteiger partial charge >= 0.3 is 6.03 Å². The number of rotatable bonds is 6. The summed E-state index contributed by atoms with van der Waals surface area (Å²) in [7, 11) is 0. The van der Waals surface area contributed by atoms with Gasteiger partial charge in [0.2, 0.25) is 5.91 Å². The Morgan fingerprint density at radius 3 is 2.71 bits per heavy atom. The van der Waals surface area contributed by atoms with Gasteiger partial charge in [0.1, 0.15) is 13.2 Å². The molecule has 0 atom stereocenters. The quantitative estimate of drug-likeness (QED) is 0.662. The first-order valence-electron chi connectivity index (χ1n) is 10.8. The summed E-state index contributed by atoms with van der Waals surface area (Å²) in [5, 5.41) is 6.06. The third-order valence-corrected chi connectivity index (χ3v) is 6.49. The topological polar surface area (TPSA) is 94.5 Å². The molecule has 0 unspecified atom stereocenters. The fourth-order valence-electron chi connectivity index (χ4n) is 3.97. The van der Waals surface area contributed by atoms with E-state index in [1.165, 1.54) is 18.2 Å². The van der Waals surface area contributed by atoms with Crippen molar-refractivity contribution < 1.29 is 19.1 Å². The minimum absolute atomic E-state index is 0.121. The number of carbonyl (C=O) groups is 2.